The van der Waals surface area contributed by atoms with Crippen molar-refractivity contribution in [2.75, 3.05) is 19.8 Å². The summed E-state index contributed by atoms with van der Waals surface area (Å²) in [5.74, 6) is -0.199. The molecule has 528 valence electrons. The Balaban J connectivity index is 1.95. The molecule has 0 aromatic carbocycles. The number of aliphatic hydroxyl groups excluding tert-OH is 5. The molecular formula is C80H143NO10. The Morgan fingerprint density at radius 1 is 0.407 bits per heavy atom. The Bertz CT molecular complexity index is 1790. The molecule has 0 aromatic heterocycles. The highest BCUT2D eigenvalue weighted by atomic mass is 16.7. The van der Waals surface area contributed by atoms with Gasteiger partial charge in [0, 0.05) is 12.8 Å². The maximum atomic E-state index is 13.1. The molecule has 1 rings (SSSR count). The van der Waals surface area contributed by atoms with Crippen molar-refractivity contribution in [3.63, 3.8) is 0 Å². The van der Waals surface area contributed by atoms with Crippen molar-refractivity contribution < 1.29 is 49.3 Å². The summed E-state index contributed by atoms with van der Waals surface area (Å²) < 4.78 is 16.7. The molecular weight excluding hydrogens is 1130 g/mol. The van der Waals surface area contributed by atoms with E-state index < -0.39 is 49.5 Å². The van der Waals surface area contributed by atoms with Gasteiger partial charge in [-0.2, -0.15) is 0 Å². The first-order valence-electron chi connectivity index (χ1n) is 38.4. The standard InChI is InChI=1S/C80H143NO10/c1-3-5-7-9-11-13-15-17-42-46-50-54-58-62-66-73(83)72(71-90-80-79(88)78(87)77(86)74(70-82)91-80)81-75(84)67-63-59-55-51-47-43-40-38-36-34-32-30-28-26-24-22-20-19-21-23-25-27-29-31-33-35-37-39-41-45-49-53-57-61-65-69-89-76(85)68-64-60-56-52-48-44-18-16-14-12-10-8-6-4-2/h10,12-13,15-16,18,21,23,27,29,46,50,62,66,72-74,77-80,82-83,86-88H,3-9,11,14,17,19-20,22,24-26,28,30-45,47-49,51-61,63-65,67-71H2,1-2H3,(H,81,84)/b12-10-,15-13+,18-16-,23-21-,29-27-,50-46+,66-62+. The molecule has 1 saturated heterocycles. The van der Waals surface area contributed by atoms with Gasteiger partial charge in [0.1, 0.15) is 24.4 Å². The summed E-state index contributed by atoms with van der Waals surface area (Å²) in [7, 11) is 0. The summed E-state index contributed by atoms with van der Waals surface area (Å²) in [4.78, 5) is 25.1. The second-order valence-corrected chi connectivity index (χ2v) is 26.3. The maximum absolute atomic E-state index is 13.1. The number of aliphatic hydroxyl groups is 5. The minimum Gasteiger partial charge on any atom is -0.466 e. The SMILES string of the molecule is CCCC/C=C\C/C=C\CCCCCCCC(=O)OCCCCCCCCCCCCC/C=C\C/C=C\CCCCCCCCCCCCCCCCCCCC(=O)NC(COC1OC(CO)C(O)C(O)C1O)C(O)/C=C/CC/C=C/CC/C=C/CCCCCC. The van der Waals surface area contributed by atoms with Gasteiger partial charge in [-0.15, -0.1) is 0 Å². The molecule has 7 unspecified atom stereocenters. The molecule has 0 radical (unpaired) electrons. The van der Waals surface area contributed by atoms with Gasteiger partial charge in [0.15, 0.2) is 6.29 Å². The number of rotatable bonds is 67. The fourth-order valence-corrected chi connectivity index (χ4v) is 11.6. The Morgan fingerprint density at radius 2 is 0.758 bits per heavy atom. The monoisotopic (exact) mass is 1280 g/mol. The van der Waals surface area contributed by atoms with E-state index in [4.69, 9.17) is 14.2 Å². The average molecular weight is 1280 g/mol. The molecule has 0 bridgehead atoms. The summed E-state index contributed by atoms with van der Waals surface area (Å²) >= 11 is 0. The predicted molar refractivity (Wildman–Crippen MR) is 384 cm³/mol. The number of unbranched alkanes of at least 4 members (excludes halogenated alkanes) is 41. The first-order valence-corrected chi connectivity index (χ1v) is 38.4. The fourth-order valence-electron chi connectivity index (χ4n) is 11.6. The zero-order valence-corrected chi connectivity index (χ0v) is 58.8. The van der Waals surface area contributed by atoms with Gasteiger partial charge in [0.05, 0.1) is 32.0 Å². The molecule has 1 aliphatic heterocycles. The van der Waals surface area contributed by atoms with E-state index in [1.165, 1.54) is 238 Å². The van der Waals surface area contributed by atoms with E-state index in [1.807, 2.05) is 6.08 Å². The van der Waals surface area contributed by atoms with Crippen LogP contribution in [-0.4, -0.2) is 100 Å². The quantitative estimate of drug-likeness (QED) is 0.0195. The lowest BCUT2D eigenvalue weighted by atomic mass is 9.99. The predicted octanol–water partition coefficient (Wildman–Crippen LogP) is 20.4. The Hall–Kier alpha value is -3.16. The van der Waals surface area contributed by atoms with Crippen molar-refractivity contribution in [1.29, 1.82) is 0 Å². The van der Waals surface area contributed by atoms with Gasteiger partial charge in [0.2, 0.25) is 5.91 Å². The van der Waals surface area contributed by atoms with Gasteiger partial charge < -0.3 is 45.1 Å². The van der Waals surface area contributed by atoms with Gasteiger partial charge in [0.25, 0.3) is 0 Å². The number of allylic oxidation sites excluding steroid dienone is 13. The van der Waals surface area contributed by atoms with Gasteiger partial charge in [-0.05, 0) is 116 Å². The largest absolute Gasteiger partial charge is 0.466 e. The minimum atomic E-state index is -1.58. The summed E-state index contributed by atoms with van der Waals surface area (Å²) in [6.45, 7) is 4.28. The molecule has 1 heterocycles. The smallest absolute Gasteiger partial charge is 0.305 e. The van der Waals surface area contributed by atoms with Crippen molar-refractivity contribution in [3.8, 4) is 0 Å². The van der Waals surface area contributed by atoms with Crippen LogP contribution in [0.3, 0.4) is 0 Å². The van der Waals surface area contributed by atoms with Crippen molar-refractivity contribution in [3.05, 3.63) is 85.1 Å². The molecule has 91 heavy (non-hydrogen) atoms. The van der Waals surface area contributed by atoms with Crippen LogP contribution in [0.4, 0.5) is 0 Å². The highest BCUT2D eigenvalue weighted by Gasteiger charge is 2.44. The minimum absolute atomic E-state index is 0.00536. The van der Waals surface area contributed by atoms with Crippen LogP contribution in [0, 0.1) is 0 Å². The second-order valence-electron chi connectivity index (χ2n) is 26.3. The lowest BCUT2D eigenvalue weighted by Crippen LogP contribution is -2.60. The normalized spacial score (nSPS) is 18.1. The second kappa shape index (κ2) is 68.2. The zero-order valence-electron chi connectivity index (χ0n) is 58.8. The third-order valence-electron chi connectivity index (χ3n) is 17.7. The molecule has 11 heteroatoms. The van der Waals surface area contributed by atoms with E-state index in [0.29, 0.717) is 19.4 Å². The summed E-state index contributed by atoms with van der Waals surface area (Å²) in [5, 5.41) is 54.5. The number of ether oxygens (including phenoxy) is 3. The van der Waals surface area contributed by atoms with Crippen molar-refractivity contribution in [2.24, 2.45) is 0 Å². The molecule has 0 aromatic rings. The average Bonchev–Trinajstić information content (AvgIpc) is 1.17. The Kier molecular flexibility index (Phi) is 64.4. The summed E-state index contributed by atoms with van der Waals surface area (Å²) in [6.07, 6.45) is 84.5. The highest BCUT2D eigenvalue weighted by Crippen LogP contribution is 2.23. The lowest BCUT2D eigenvalue weighted by Gasteiger charge is -2.40. The summed E-state index contributed by atoms with van der Waals surface area (Å²) in [5.41, 5.74) is 0. The van der Waals surface area contributed by atoms with Gasteiger partial charge in [-0.1, -0.05) is 304 Å². The zero-order chi connectivity index (χ0) is 65.8. The number of hydrogen-bond acceptors (Lipinski definition) is 10. The van der Waals surface area contributed by atoms with Crippen LogP contribution in [-0.2, 0) is 23.8 Å². The van der Waals surface area contributed by atoms with E-state index in [9.17, 15) is 35.1 Å². The van der Waals surface area contributed by atoms with Crippen molar-refractivity contribution in [1.82, 2.24) is 5.32 Å². The molecule has 0 aliphatic carbocycles. The number of hydrogen-bond donors (Lipinski definition) is 6. The Labute approximate surface area is 559 Å². The molecule has 11 nitrogen and oxygen atoms in total. The van der Waals surface area contributed by atoms with Gasteiger partial charge in [-0.3, -0.25) is 9.59 Å². The molecule has 1 fully saturated rings. The van der Waals surface area contributed by atoms with Crippen LogP contribution < -0.4 is 5.32 Å². The molecule has 1 aliphatic rings. The van der Waals surface area contributed by atoms with Crippen LogP contribution in [0.25, 0.3) is 0 Å². The van der Waals surface area contributed by atoms with Crippen LogP contribution in [0.2, 0.25) is 0 Å². The molecule has 1 amide bonds. The third-order valence-corrected chi connectivity index (χ3v) is 17.7. The number of esters is 1. The van der Waals surface area contributed by atoms with Crippen LogP contribution >= 0.6 is 0 Å². The van der Waals surface area contributed by atoms with E-state index in [2.05, 4.69) is 92.1 Å². The number of amides is 1. The van der Waals surface area contributed by atoms with Crippen LogP contribution in [0.15, 0.2) is 85.1 Å². The van der Waals surface area contributed by atoms with E-state index in [-0.39, 0.29) is 18.5 Å². The first-order chi connectivity index (χ1) is 44.7. The topological polar surface area (TPSA) is 175 Å². The van der Waals surface area contributed by atoms with Crippen molar-refractivity contribution in [2.45, 2.75) is 391 Å². The van der Waals surface area contributed by atoms with E-state index in [0.717, 1.165) is 83.5 Å². The van der Waals surface area contributed by atoms with Crippen LogP contribution in [0.5, 0.6) is 0 Å². The number of nitrogens with one attached hydrogen (secondary N) is 1. The van der Waals surface area contributed by atoms with Gasteiger partial charge >= 0.3 is 5.97 Å². The summed E-state index contributed by atoms with van der Waals surface area (Å²) in [6, 6.07) is -0.835. The molecule has 0 spiro atoms. The van der Waals surface area contributed by atoms with Crippen molar-refractivity contribution >= 4 is 11.9 Å². The number of carbonyl (C=O) groups is 2. The van der Waals surface area contributed by atoms with Gasteiger partial charge in [-0.25, -0.2) is 0 Å². The van der Waals surface area contributed by atoms with Crippen LogP contribution in [0.1, 0.15) is 348 Å². The molecule has 7 atom stereocenters. The fraction of sp³-hybridized carbons (Fsp3) is 0.800. The van der Waals surface area contributed by atoms with E-state index >= 15 is 0 Å². The molecule has 6 N–H and O–H groups in total. The lowest BCUT2D eigenvalue weighted by molar-refractivity contribution is -0.302. The maximum Gasteiger partial charge on any atom is 0.305 e. The third kappa shape index (κ3) is 56.9. The highest BCUT2D eigenvalue weighted by molar-refractivity contribution is 5.76. The first kappa shape index (κ1) is 85.9. The molecule has 0 saturated carbocycles. The Morgan fingerprint density at radius 3 is 1.19 bits per heavy atom. The van der Waals surface area contributed by atoms with E-state index in [1.54, 1.807) is 6.08 Å². The number of carbonyl (C=O) groups excluding carboxylic acids is 2.